The summed E-state index contributed by atoms with van der Waals surface area (Å²) < 4.78 is 14.7. The quantitative estimate of drug-likeness (QED) is 0.751. The van der Waals surface area contributed by atoms with E-state index in [9.17, 15) is 9.18 Å². The minimum absolute atomic E-state index is 0.0158. The molecule has 3 nitrogen and oxygen atoms in total. The third-order valence-corrected chi connectivity index (χ3v) is 6.25. The Bertz CT molecular complexity index is 666. The molecule has 3 atom stereocenters. The van der Waals surface area contributed by atoms with E-state index in [-0.39, 0.29) is 17.2 Å². The third kappa shape index (κ3) is 2.41. The average Bonchev–Trinajstić information content (AvgIpc) is 3.00. The normalized spacial score (nSPS) is 32.5. The van der Waals surface area contributed by atoms with Crippen LogP contribution < -0.4 is 5.32 Å². The predicted molar refractivity (Wildman–Crippen MR) is 89.5 cm³/mol. The minimum atomic E-state index is -0.306. The second kappa shape index (κ2) is 5.65. The standard InChI is InChI=1S/C16H16BrFN2OS/c17-10-5-6-11(18)9(7-10)8-14-15(21)20-13-4-2-1-3-12(13)19-16(20)22-14/h5-8,12-13,16,19H,1-4H2/b14-8-. The Kier molecular flexibility index (Phi) is 3.78. The first-order chi connectivity index (χ1) is 10.6. The molecule has 6 heteroatoms. The second-order valence-corrected chi connectivity index (χ2v) is 8.02. The lowest BCUT2D eigenvalue weighted by Crippen LogP contribution is -2.40. The zero-order valence-corrected chi connectivity index (χ0v) is 14.3. The van der Waals surface area contributed by atoms with E-state index in [0.717, 1.165) is 17.3 Å². The van der Waals surface area contributed by atoms with Crippen molar-refractivity contribution in [2.45, 2.75) is 43.3 Å². The fourth-order valence-corrected chi connectivity index (χ4v) is 5.21. The second-order valence-electron chi connectivity index (χ2n) is 5.98. The molecule has 1 saturated carbocycles. The van der Waals surface area contributed by atoms with E-state index >= 15 is 0 Å². The van der Waals surface area contributed by atoms with Crippen LogP contribution in [0.5, 0.6) is 0 Å². The summed E-state index contributed by atoms with van der Waals surface area (Å²) in [5, 5.41) is 3.55. The topological polar surface area (TPSA) is 32.3 Å². The fourth-order valence-electron chi connectivity index (χ4n) is 3.58. The van der Waals surface area contributed by atoms with E-state index in [1.807, 2.05) is 4.90 Å². The van der Waals surface area contributed by atoms with Crippen molar-refractivity contribution < 1.29 is 9.18 Å². The van der Waals surface area contributed by atoms with E-state index in [1.165, 1.54) is 30.7 Å². The van der Waals surface area contributed by atoms with Crippen molar-refractivity contribution in [1.82, 2.24) is 10.2 Å². The van der Waals surface area contributed by atoms with Crippen molar-refractivity contribution in [3.63, 3.8) is 0 Å². The highest BCUT2D eigenvalue weighted by Gasteiger charge is 2.49. The predicted octanol–water partition coefficient (Wildman–Crippen LogP) is 3.70. The first-order valence-electron chi connectivity index (χ1n) is 7.55. The Morgan fingerprint density at radius 2 is 2.18 bits per heavy atom. The van der Waals surface area contributed by atoms with Crippen molar-refractivity contribution >= 4 is 39.7 Å². The molecule has 0 aromatic heterocycles. The van der Waals surface area contributed by atoms with Crippen molar-refractivity contribution in [3.8, 4) is 0 Å². The van der Waals surface area contributed by atoms with Gasteiger partial charge < -0.3 is 4.90 Å². The Morgan fingerprint density at radius 3 is 3.05 bits per heavy atom. The maximum absolute atomic E-state index is 13.9. The van der Waals surface area contributed by atoms with Crippen LogP contribution in [0.3, 0.4) is 0 Å². The van der Waals surface area contributed by atoms with Crippen LogP contribution in [-0.4, -0.2) is 28.4 Å². The number of halogens is 2. The van der Waals surface area contributed by atoms with Gasteiger partial charge in [0.15, 0.2) is 0 Å². The molecule has 2 saturated heterocycles. The number of carbonyl (C=O) groups excluding carboxylic acids is 1. The van der Waals surface area contributed by atoms with Crippen LogP contribution in [0.4, 0.5) is 4.39 Å². The molecule has 1 aromatic rings. The Hall–Kier alpha value is -0.850. The lowest BCUT2D eigenvalue weighted by Gasteiger charge is -2.29. The van der Waals surface area contributed by atoms with Gasteiger partial charge in [0.25, 0.3) is 5.91 Å². The number of fused-ring (bicyclic) bond motifs is 3. The zero-order valence-electron chi connectivity index (χ0n) is 11.9. The van der Waals surface area contributed by atoms with E-state index in [1.54, 1.807) is 18.2 Å². The highest BCUT2D eigenvalue weighted by atomic mass is 79.9. The molecule has 3 unspecified atom stereocenters. The van der Waals surface area contributed by atoms with Crippen molar-refractivity contribution in [3.05, 3.63) is 39.0 Å². The van der Waals surface area contributed by atoms with Gasteiger partial charge in [0, 0.05) is 22.1 Å². The molecule has 0 spiro atoms. The van der Waals surface area contributed by atoms with Gasteiger partial charge in [-0.2, -0.15) is 0 Å². The molecule has 22 heavy (non-hydrogen) atoms. The van der Waals surface area contributed by atoms with Gasteiger partial charge in [-0.05, 0) is 37.1 Å². The summed E-state index contributed by atoms with van der Waals surface area (Å²) in [6.07, 6.45) is 6.30. The summed E-state index contributed by atoms with van der Waals surface area (Å²) in [6.45, 7) is 0. The van der Waals surface area contributed by atoms with E-state index in [4.69, 9.17) is 0 Å². The number of nitrogens with one attached hydrogen (secondary N) is 1. The van der Waals surface area contributed by atoms with Gasteiger partial charge in [-0.15, -0.1) is 0 Å². The van der Waals surface area contributed by atoms with Crippen molar-refractivity contribution in [2.75, 3.05) is 0 Å². The van der Waals surface area contributed by atoms with Crippen LogP contribution in [0.1, 0.15) is 31.2 Å². The molecule has 4 rings (SSSR count). The Morgan fingerprint density at radius 1 is 1.36 bits per heavy atom. The lowest BCUT2D eigenvalue weighted by molar-refractivity contribution is -0.127. The molecule has 1 aliphatic carbocycles. The summed E-state index contributed by atoms with van der Waals surface area (Å²) in [5.41, 5.74) is 0.466. The number of carbonyl (C=O) groups is 1. The molecule has 0 radical (unpaired) electrons. The fraction of sp³-hybridized carbons (Fsp3) is 0.438. The number of amides is 1. The number of hydrogen-bond acceptors (Lipinski definition) is 3. The smallest absolute Gasteiger partial charge is 0.262 e. The van der Waals surface area contributed by atoms with Gasteiger partial charge >= 0.3 is 0 Å². The molecule has 1 aromatic carbocycles. The number of hydrogen-bond donors (Lipinski definition) is 1. The summed E-state index contributed by atoms with van der Waals surface area (Å²) in [5.74, 6) is -0.268. The molecule has 0 bridgehead atoms. The number of rotatable bonds is 1. The SMILES string of the molecule is O=C1/C(=C/c2cc(Br)ccc2F)SC2NC3CCCCC3N12. The maximum Gasteiger partial charge on any atom is 0.262 e. The molecule has 1 amide bonds. The summed E-state index contributed by atoms with van der Waals surface area (Å²) in [7, 11) is 0. The summed E-state index contributed by atoms with van der Waals surface area (Å²) in [6, 6.07) is 5.51. The van der Waals surface area contributed by atoms with Crippen molar-refractivity contribution in [1.29, 1.82) is 0 Å². The molecular weight excluding hydrogens is 367 g/mol. The van der Waals surface area contributed by atoms with Crippen LogP contribution in [0.25, 0.3) is 6.08 Å². The maximum atomic E-state index is 13.9. The van der Waals surface area contributed by atoms with Gasteiger partial charge in [0.2, 0.25) is 0 Å². The highest BCUT2D eigenvalue weighted by Crippen LogP contribution is 2.43. The summed E-state index contributed by atoms with van der Waals surface area (Å²) >= 11 is 4.85. The van der Waals surface area contributed by atoms with Gasteiger partial charge in [-0.25, -0.2) is 4.39 Å². The third-order valence-electron chi connectivity index (χ3n) is 4.62. The van der Waals surface area contributed by atoms with E-state index in [2.05, 4.69) is 21.2 Å². The summed E-state index contributed by atoms with van der Waals surface area (Å²) in [4.78, 5) is 15.3. The molecule has 116 valence electrons. The highest BCUT2D eigenvalue weighted by molar-refractivity contribution is 9.10. The Labute approximate surface area is 141 Å². The number of thioether (sulfide) groups is 1. The van der Waals surface area contributed by atoms with Gasteiger partial charge in [0.05, 0.1) is 4.91 Å². The number of benzene rings is 1. The minimum Gasteiger partial charge on any atom is -0.309 e. The largest absolute Gasteiger partial charge is 0.309 e. The first-order valence-corrected chi connectivity index (χ1v) is 9.23. The molecule has 1 N–H and O–H groups in total. The van der Waals surface area contributed by atoms with E-state index < -0.39 is 0 Å². The van der Waals surface area contributed by atoms with Gasteiger partial charge in [-0.1, -0.05) is 40.5 Å². The van der Waals surface area contributed by atoms with Crippen LogP contribution in [-0.2, 0) is 4.79 Å². The Balaban J connectivity index is 1.62. The van der Waals surface area contributed by atoms with Crippen LogP contribution in [0.2, 0.25) is 0 Å². The van der Waals surface area contributed by atoms with Crippen LogP contribution >= 0.6 is 27.7 Å². The zero-order chi connectivity index (χ0) is 15.3. The van der Waals surface area contributed by atoms with Crippen LogP contribution in [0, 0.1) is 5.82 Å². The van der Waals surface area contributed by atoms with Gasteiger partial charge in [0.1, 0.15) is 11.3 Å². The lowest BCUT2D eigenvalue weighted by atomic mass is 9.91. The molecule has 2 aliphatic heterocycles. The average molecular weight is 383 g/mol. The molecule has 3 fully saturated rings. The molecular formula is C16H16BrFN2OS. The first kappa shape index (κ1) is 14.7. The monoisotopic (exact) mass is 382 g/mol. The van der Waals surface area contributed by atoms with E-state index in [0.29, 0.717) is 22.6 Å². The molecule has 2 heterocycles. The molecule has 3 aliphatic rings. The van der Waals surface area contributed by atoms with Crippen LogP contribution in [0.15, 0.2) is 27.6 Å². The van der Waals surface area contributed by atoms with Crippen molar-refractivity contribution in [2.24, 2.45) is 0 Å². The van der Waals surface area contributed by atoms with Gasteiger partial charge in [-0.3, -0.25) is 10.1 Å². The number of nitrogens with zero attached hydrogens (tertiary/aromatic N) is 1.